The highest BCUT2D eigenvalue weighted by atomic mass is 15.2. The molecule has 152 valence electrons. The van der Waals surface area contributed by atoms with Gasteiger partial charge in [0.15, 0.2) is 0 Å². The van der Waals surface area contributed by atoms with E-state index in [2.05, 4.69) is 122 Å². The second-order valence-electron chi connectivity index (χ2n) is 9.41. The van der Waals surface area contributed by atoms with Crippen LogP contribution >= 0.6 is 0 Å². The largest absolute Gasteiger partial charge is 0.309 e. The van der Waals surface area contributed by atoms with Gasteiger partial charge in [0, 0.05) is 27.6 Å². The molecule has 0 spiro atoms. The first-order chi connectivity index (χ1) is 15.7. The molecule has 0 amide bonds. The van der Waals surface area contributed by atoms with E-state index in [1.165, 1.54) is 61.2 Å². The molecule has 0 unspecified atom stereocenters. The summed E-state index contributed by atoms with van der Waals surface area (Å²) in [5.74, 6) is 0. The Morgan fingerprint density at radius 1 is 0.562 bits per heavy atom. The minimum Gasteiger partial charge on any atom is -0.309 e. The van der Waals surface area contributed by atoms with Crippen molar-refractivity contribution in [2.75, 3.05) is 4.90 Å². The van der Waals surface area contributed by atoms with Crippen molar-refractivity contribution in [1.29, 1.82) is 0 Å². The predicted octanol–water partition coefficient (Wildman–Crippen LogP) is 8.60. The highest BCUT2D eigenvalue weighted by Crippen LogP contribution is 2.59. The number of rotatable bonds is 1. The first kappa shape index (κ1) is 17.8. The Morgan fingerprint density at radius 2 is 1.28 bits per heavy atom. The molecule has 32 heavy (non-hydrogen) atoms. The van der Waals surface area contributed by atoms with Gasteiger partial charge in [-0.1, -0.05) is 98.8 Å². The molecule has 1 aliphatic carbocycles. The topological polar surface area (TPSA) is 3.24 Å². The zero-order chi connectivity index (χ0) is 21.4. The summed E-state index contributed by atoms with van der Waals surface area (Å²) < 4.78 is 0. The summed E-state index contributed by atoms with van der Waals surface area (Å²) in [5.41, 5.74) is 11.9. The first-order valence-electron chi connectivity index (χ1n) is 11.3. The monoisotopic (exact) mass is 409 g/mol. The Hall–Kier alpha value is -3.84. The lowest BCUT2D eigenvalue weighted by atomic mass is 9.81. The molecule has 0 fully saturated rings. The van der Waals surface area contributed by atoms with Crippen LogP contribution in [0, 0.1) is 0 Å². The molecule has 0 saturated carbocycles. The molecular formula is C31H23N. The maximum absolute atomic E-state index is 2.49. The lowest BCUT2D eigenvalue weighted by Crippen LogP contribution is -2.18. The van der Waals surface area contributed by atoms with E-state index < -0.39 is 0 Å². The van der Waals surface area contributed by atoms with Crippen molar-refractivity contribution in [3.05, 3.63) is 114 Å². The molecule has 7 rings (SSSR count). The van der Waals surface area contributed by atoms with Gasteiger partial charge in [0.2, 0.25) is 0 Å². The smallest absolute Gasteiger partial charge is 0.0622 e. The summed E-state index contributed by atoms with van der Waals surface area (Å²) in [6, 6.07) is 37.8. The molecule has 2 aliphatic rings. The number of fused-ring (bicyclic) bond motifs is 6. The standard InChI is InChI=1S/C31H23N/c1-31(2)25-16-7-6-14-24(25)29-26(31)19-18-23-22-15-8-10-20-11-9-17-27(28(20)22)32(30(23)29)21-12-4-3-5-13-21/h3-19H,1-2H3. The van der Waals surface area contributed by atoms with Gasteiger partial charge in [-0.3, -0.25) is 0 Å². The molecule has 1 heterocycles. The van der Waals surface area contributed by atoms with E-state index in [0.29, 0.717) is 0 Å². The molecule has 0 saturated heterocycles. The molecule has 1 heteroatoms. The number of hydrogen-bond acceptors (Lipinski definition) is 1. The minimum absolute atomic E-state index is 0.0215. The molecule has 5 aromatic rings. The van der Waals surface area contributed by atoms with Gasteiger partial charge in [-0.25, -0.2) is 0 Å². The summed E-state index contributed by atoms with van der Waals surface area (Å²) in [6.07, 6.45) is 0. The highest BCUT2D eigenvalue weighted by Gasteiger charge is 2.40. The normalized spacial score (nSPS) is 14.8. The third-order valence-corrected chi connectivity index (χ3v) is 7.37. The predicted molar refractivity (Wildman–Crippen MR) is 135 cm³/mol. The second kappa shape index (κ2) is 6.11. The van der Waals surface area contributed by atoms with Crippen molar-refractivity contribution in [3.8, 4) is 22.3 Å². The van der Waals surface area contributed by atoms with E-state index in [-0.39, 0.29) is 5.41 Å². The Labute approximate surface area is 188 Å². The molecule has 0 aromatic heterocycles. The summed E-state index contributed by atoms with van der Waals surface area (Å²) in [7, 11) is 0. The number of nitrogens with zero attached hydrogens (tertiary/aromatic N) is 1. The second-order valence-corrected chi connectivity index (χ2v) is 9.41. The van der Waals surface area contributed by atoms with Crippen LogP contribution < -0.4 is 4.90 Å². The van der Waals surface area contributed by atoms with Crippen molar-refractivity contribution >= 4 is 27.8 Å². The molecular weight excluding hydrogens is 386 g/mol. The highest BCUT2D eigenvalue weighted by molar-refractivity contribution is 6.17. The third-order valence-electron chi connectivity index (χ3n) is 7.37. The molecule has 1 nitrogen and oxygen atoms in total. The van der Waals surface area contributed by atoms with Crippen LogP contribution in [0.5, 0.6) is 0 Å². The number of anilines is 3. The Kier molecular flexibility index (Phi) is 3.40. The molecule has 0 bridgehead atoms. The van der Waals surface area contributed by atoms with Gasteiger partial charge >= 0.3 is 0 Å². The van der Waals surface area contributed by atoms with E-state index in [9.17, 15) is 0 Å². The van der Waals surface area contributed by atoms with E-state index in [1.807, 2.05) is 0 Å². The lowest BCUT2D eigenvalue weighted by Gasteiger charge is -2.35. The summed E-state index contributed by atoms with van der Waals surface area (Å²) >= 11 is 0. The van der Waals surface area contributed by atoms with Crippen LogP contribution in [-0.4, -0.2) is 0 Å². The Morgan fingerprint density at radius 3 is 2.12 bits per heavy atom. The van der Waals surface area contributed by atoms with Crippen molar-refractivity contribution in [2.45, 2.75) is 19.3 Å². The molecule has 1 aliphatic heterocycles. The lowest BCUT2D eigenvalue weighted by molar-refractivity contribution is 0.660. The van der Waals surface area contributed by atoms with E-state index in [0.717, 1.165) is 0 Å². The van der Waals surface area contributed by atoms with Crippen LogP contribution in [0.4, 0.5) is 17.1 Å². The first-order valence-corrected chi connectivity index (χ1v) is 11.3. The van der Waals surface area contributed by atoms with Crippen LogP contribution in [0.25, 0.3) is 33.0 Å². The van der Waals surface area contributed by atoms with Gasteiger partial charge in [0.05, 0.1) is 11.4 Å². The Balaban J connectivity index is 1.69. The third kappa shape index (κ3) is 2.13. The van der Waals surface area contributed by atoms with Crippen molar-refractivity contribution in [2.24, 2.45) is 0 Å². The summed E-state index contributed by atoms with van der Waals surface area (Å²) in [6.45, 7) is 4.71. The average Bonchev–Trinajstić information content (AvgIpc) is 3.07. The maximum Gasteiger partial charge on any atom is 0.0622 e. The van der Waals surface area contributed by atoms with Gasteiger partial charge in [-0.15, -0.1) is 0 Å². The quantitative estimate of drug-likeness (QED) is 0.263. The molecule has 0 radical (unpaired) electrons. The fourth-order valence-electron chi connectivity index (χ4n) is 5.92. The number of hydrogen-bond donors (Lipinski definition) is 0. The minimum atomic E-state index is -0.0215. The average molecular weight is 410 g/mol. The molecule has 0 atom stereocenters. The fourth-order valence-corrected chi connectivity index (χ4v) is 5.92. The fraction of sp³-hybridized carbons (Fsp3) is 0.0968. The van der Waals surface area contributed by atoms with Gasteiger partial charge < -0.3 is 4.90 Å². The van der Waals surface area contributed by atoms with Gasteiger partial charge in [-0.05, 0) is 45.8 Å². The van der Waals surface area contributed by atoms with Crippen LogP contribution in [-0.2, 0) is 5.41 Å². The number of benzene rings is 5. The van der Waals surface area contributed by atoms with Gasteiger partial charge in [0.25, 0.3) is 0 Å². The van der Waals surface area contributed by atoms with Crippen molar-refractivity contribution in [1.82, 2.24) is 0 Å². The van der Waals surface area contributed by atoms with E-state index >= 15 is 0 Å². The van der Waals surface area contributed by atoms with E-state index in [1.54, 1.807) is 0 Å². The van der Waals surface area contributed by atoms with Gasteiger partial charge in [0.1, 0.15) is 0 Å². The van der Waals surface area contributed by atoms with Crippen LogP contribution in [0.2, 0.25) is 0 Å². The zero-order valence-corrected chi connectivity index (χ0v) is 18.3. The van der Waals surface area contributed by atoms with Crippen molar-refractivity contribution in [3.63, 3.8) is 0 Å². The van der Waals surface area contributed by atoms with Crippen LogP contribution in [0.3, 0.4) is 0 Å². The molecule has 5 aromatic carbocycles. The summed E-state index contributed by atoms with van der Waals surface area (Å²) in [4.78, 5) is 2.49. The molecule has 0 N–H and O–H groups in total. The van der Waals surface area contributed by atoms with E-state index in [4.69, 9.17) is 0 Å². The summed E-state index contributed by atoms with van der Waals surface area (Å²) in [5, 5.41) is 2.62. The zero-order valence-electron chi connectivity index (χ0n) is 18.3. The van der Waals surface area contributed by atoms with Crippen LogP contribution in [0.15, 0.2) is 103 Å². The van der Waals surface area contributed by atoms with Crippen molar-refractivity contribution < 1.29 is 0 Å². The Bertz CT molecular complexity index is 1540. The van der Waals surface area contributed by atoms with Gasteiger partial charge in [-0.2, -0.15) is 0 Å². The van der Waals surface area contributed by atoms with Crippen LogP contribution in [0.1, 0.15) is 25.0 Å². The number of para-hydroxylation sites is 1. The maximum atomic E-state index is 2.49. The SMILES string of the molecule is CC1(C)c2ccccc2-c2c1ccc1c2N(c2ccccc2)c2cccc3cccc-1c23.